The molecule has 28 heavy (non-hydrogen) atoms. The number of carbonyl (C=O) groups is 1. The average Bonchev–Trinajstić information content (AvgIpc) is 2.67. The number of aromatic nitrogens is 1. The average molecular weight is 395 g/mol. The van der Waals surface area contributed by atoms with Crippen molar-refractivity contribution in [3.8, 4) is 5.75 Å². The summed E-state index contributed by atoms with van der Waals surface area (Å²) >= 11 is 6.18. The van der Waals surface area contributed by atoms with Gasteiger partial charge in [-0.25, -0.2) is 0 Å². The molecule has 1 amide bonds. The molecule has 0 unspecified atom stereocenters. The molecular formula is C23H23ClN2O2. The maximum Gasteiger partial charge on any atom is 0.223 e. The molecule has 0 aliphatic rings. The van der Waals surface area contributed by atoms with Crippen LogP contribution in [-0.4, -0.2) is 27.9 Å². The maximum absolute atomic E-state index is 13.0. The molecule has 3 rings (SSSR count). The van der Waals surface area contributed by atoms with Crippen LogP contribution < -0.4 is 0 Å². The summed E-state index contributed by atoms with van der Waals surface area (Å²) in [5.74, 6) is 0.00144. The van der Waals surface area contributed by atoms with Gasteiger partial charge in [-0.2, -0.15) is 0 Å². The van der Waals surface area contributed by atoms with Crippen molar-refractivity contribution in [2.45, 2.75) is 25.8 Å². The number of aromatic hydroxyl groups is 1. The highest BCUT2D eigenvalue weighted by Gasteiger charge is 2.21. The monoisotopic (exact) mass is 394 g/mol. The summed E-state index contributed by atoms with van der Waals surface area (Å²) < 4.78 is 0. The highest BCUT2D eigenvalue weighted by Crippen LogP contribution is 2.32. The van der Waals surface area contributed by atoms with Gasteiger partial charge in [-0.15, -0.1) is 0 Å². The Bertz CT molecular complexity index is 929. The summed E-state index contributed by atoms with van der Waals surface area (Å²) in [6.45, 7) is 2.51. The summed E-state index contributed by atoms with van der Waals surface area (Å²) in [6.07, 6.45) is 3.82. The van der Waals surface area contributed by atoms with Crippen LogP contribution in [0.25, 0.3) is 0 Å². The van der Waals surface area contributed by atoms with Crippen LogP contribution in [0.4, 0.5) is 0 Å². The zero-order valence-electron chi connectivity index (χ0n) is 16.0. The van der Waals surface area contributed by atoms with Crippen molar-refractivity contribution in [2.24, 2.45) is 0 Å². The topological polar surface area (TPSA) is 53.4 Å². The van der Waals surface area contributed by atoms with E-state index in [0.717, 1.165) is 22.3 Å². The number of aryl methyl sites for hydroxylation is 1. The molecule has 0 saturated carbocycles. The number of rotatable bonds is 6. The third-order valence-corrected chi connectivity index (χ3v) is 5.11. The van der Waals surface area contributed by atoms with Gasteiger partial charge in [0.1, 0.15) is 5.75 Å². The SMILES string of the molecule is Cc1cnccc1CN(C)C(=O)C[C@H](c1cccc(O)c1)c1cccc(Cl)c1. The van der Waals surface area contributed by atoms with E-state index in [2.05, 4.69) is 4.98 Å². The van der Waals surface area contributed by atoms with Crippen LogP contribution in [0.2, 0.25) is 5.02 Å². The van der Waals surface area contributed by atoms with E-state index >= 15 is 0 Å². The highest BCUT2D eigenvalue weighted by molar-refractivity contribution is 6.30. The molecule has 1 atom stereocenters. The zero-order chi connectivity index (χ0) is 20.1. The van der Waals surface area contributed by atoms with Crippen molar-refractivity contribution in [1.29, 1.82) is 0 Å². The van der Waals surface area contributed by atoms with Gasteiger partial charge in [0.05, 0.1) is 0 Å². The number of hydrogen-bond acceptors (Lipinski definition) is 3. The second kappa shape index (κ2) is 8.89. The van der Waals surface area contributed by atoms with E-state index in [1.54, 1.807) is 42.5 Å². The van der Waals surface area contributed by atoms with Crippen LogP contribution in [0.15, 0.2) is 67.0 Å². The van der Waals surface area contributed by atoms with Crippen molar-refractivity contribution in [3.63, 3.8) is 0 Å². The van der Waals surface area contributed by atoms with Gasteiger partial charge in [-0.05, 0) is 59.5 Å². The minimum Gasteiger partial charge on any atom is -0.508 e. The fourth-order valence-electron chi connectivity index (χ4n) is 3.25. The third kappa shape index (κ3) is 4.90. The van der Waals surface area contributed by atoms with Gasteiger partial charge < -0.3 is 10.0 Å². The number of hydrogen-bond donors (Lipinski definition) is 1. The number of phenolic OH excluding ortho intramolecular Hbond substituents is 1. The van der Waals surface area contributed by atoms with E-state index in [4.69, 9.17) is 11.6 Å². The van der Waals surface area contributed by atoms with Crippen LogP contribution in [0, 0.1) is 6.92 Å². The lowest BCUT2D eigenvalue weighted by Gasteiger charge is -2.23. The standard InChI is InChI=1S/C23H23ClN2O2/c1-16-14-25-10-9-19(16)15-26(2)23(28)13-22(17-5-3-7-20(24)11-17)18-6-4-8-21(27)12-18/h3-12,14,22,27H,13,15H2,1-2H3/t22-/m0/s1. The molecule has 0 saturated heterocycles. The number of benzene rings is 2. The molecular weight excluding hydrogens is 372 g/mol. The van der Waals surface area contributed by atoms with E-state index in [9.17, 15) is 9.90 Å². The second-order valence-corrected chi connectivity index (χ2v) is 7.40. The second-order valence-electron chi connectivity index (χ2n) is 6.96. The minimum absolute atomic E-state index is 0.0181. The Morgan fingerprint density at radius 1 is 1.14 bits per heavy atom. The number of halogens is 1. The van der Waals surface area contributed by atoms with Crippen molar-refractivity contribution >= 4 is 17.5 Å². The predicted molar refractivity (Wildman–Crippen MR) is 111 cm³/mol. The molecule has 0 aliphatic carbocycles. The van der Waals surface area contributed by atoms with Gasteiger partial charge in [0.25, 0.3) is 0 Å². The van der Waals surface area contributed by atoms with Gasteiger partial charge in [0.2, 0.25) is 5.91 Å². The van der Waals surface area contributed by atoms with Gasteiger partial charge in [-0.1, -0.05) is 35.9 Å². The molecule has 0 bridgehead atoms. The number of pyridine rings is 1. The largest absolute Gasteiger partial charge is 0.508 e. The molecule has 1 aromatic heterocycles. The fraction of sp³-hybridized carbons (Fsp3) is 0.217. The molecule has 0 radical (unpaired) electrons. The Morgan fingerprint density at radius 3 is 2.54 bits per heavy atom. The van der Waals surface area contributed by atoms with Crippen LogP contribution in [-0.2, 0) is 11.3 Å². The van der Waals surface area contributed by atoms with E-state index in [-0.39, 0.29) is 24.0 Å². The third-order valence-electron chi connectivity index (χ3n) is 4.87. The van der Waals surface area contributed by atoms with Crippen molar-refractivity contribution < 1.29 is 9.90 Å². The molecule has 1 heterocycles. The van der Waals surface area contributed by atoms with Crippen molar-refractivity contribution in [1.82, 2.24) is 9.88 Å². The summed E-state index contributed by atoms with van der Waals surface area (Å²) in [5.41, 5.74) is 3.95. The molecule has 2 aromatic carbocycles. The summed E-state index contributed by atoms with van der Waals surface area (Å²) in [6, 6.07) is 16.5. The maximum atomic E-state index is 13.0. The Kier molecular flexibility index (Phi) is 6.32. The fourth-order valence-corrected chi connectivity index (χ4v) is 3.45. The molecule has 4 nitrogen and oxygen atoms in total. The van der Waals surface area contributed by atoms with Crippen LogP contribution in [0.5, 0.6) is 5.75 Å². The first-order valence-corrected chi connectivity index (χ1v) is 9.49. The van der Waals surface area contributed by atoms with Crippen LogP contribution in [0.1, 0.15) is 34.6 Å². The molecule has 0 aliphatic heterocycles. The first-order valence-electron chi connectivity index (χ1n) is 9.12. The van der Waals surface area contributed by atoms with Crippen LogP contribution >= 0.6 is 11.6 Å². The molecule has 1 N–H and O–H groups in total. The number of carbonyl (C=O) groups excluding carboxylic acids is 1. The highest BCUT2D eigenvalue weighted by atomic mass is 35.5. The summed E-state index contributed by atoms with van der Waals surface area (Å²) in [4.78, 5) is 18.8. The Balaban J connectivity index is 1.84. The number of nitrogens with zero attached hydrogens (tertiary/aromatic N) is 2. The minimum atomic E-state index is -0.195. The normalized spacial score (nSPS) is 11.8. The van der Waals surface area contributed by atoms with Crippen molar-refractivity contribution in [3.05, 3.63) is 94.3 Å². The Morgan fingerprint density at radius 2 is 1.86 bits per heavy atom. The molecule has 5 heteroatoms. The lowest BCUT2D eigenvalue weighted by Crippen LogP contribution is -2.28. The van der Waals surface area contributed by atoms with Gasteiger partial charge in [-0.3, -0.25) is 9.78 Å². The predicted octanol–water partition coefficient (Wildman–Crippen LogP) is 4.93. The van der Waals surface area contributed by atoms with Gasteiger partial charge in [0, 0.05) is 43.3 Å². The van der Waals surface area contributed by atoms with Crippen LogP contribution in [0.3, 0.4) is 0 Å². The Hall–Kier alpha value is -2.85. The van der Waals surface area contributed by atoms with Crippen molar-refractivity contribution in [2.75, 3.05) is 7.05 Å². The first kappa shape index (κ1) is 19.9. The summed E-state index contributed by atoms with van der Waals surface area (Å²) in [7, 11) is 1.81. The number of phenols is 1. The molecule has 0 spiro atoms. The number of amides is 1. The molecule has 3 aromatic rings. The van der Waals surface area contributed by atoms with Gasteiger partial charge >= 0.3 is 0 Å². The van der Waals surface area contributed by atoms with E-state index in [1.807, 2.05) is 43.3 Å². The lowest BCUT2D eigenvalue weighted by molar-refractivity contribution is -0.130. The van der Waals surface area contributed by atoms with Gasteiger partial charge in [0.15, 0.2) is 0 Å². The quantitative estimate of drug-likeness (QED) is 0.644. The van der Waals surface area contributed by atoms with E-state index in [1.165, 1.54) is 0 Å². The smallest absolute Gasteiger partial charge is 0.223 e. The molecule has 144 valence electrons. The molecule has 0 fully saturated rings. The first-order chi connectivity index (χ1) is 13.4. The van der Waals surface area contributed by atoms with E-state index < -0.39 is 0 Å². The summed E-state index contributed by atoms with van der Waals surface area (Å²) in [5, 5.41) is 10.5. The Labute approximate surface area is 170 Å². The lowest BCUT2D eigenvalue weighted by atomic mass is 9.88. The van der Waals surface area contributed by atoms with E-state index in [0.29, 0.717) is 11.6 Å². The zero-order valence-corrected chi connectivity index (χ0v) is 16.7.